The second-order valence-electron chi connectivity index (χ2n) is 12.9. The summed E-state index contributed by atoms with van der Waals surface area (Å²) in [6.45, 7) is 2.14. The van der Waals surface area contributed by atoms with Gasteiger partial charge < -0.3 is 24.6 Å². The minimum absolute atomic E-state index is 0.125. The van der Waals surface area contributed by atoms with Gasteiger partial charge in [0.15, 0.2) is 6.10 Å². The fourth-order valence-electron chi connectivity index (χ4n) is 4.78. The molecule has 0 radical (unpaired) electrons. The number of ether oxygens (including phenoxy) is 2. The second kappa shape index (κ2) is 37.7. The van der Waals surface area contributed by atoms with Crippen LogP contribution in [0.25, 0.3) is 0 Å². The van der Waals surface area contributed by atoms with Crippen LogP contribution in [0.5, 0.6) is 0 Å². The predicted octanol–water partition coefficient (Wildman–Crippen LogP) is 10.1. The molecule has 0 heterocycles. The largest absolute Gasteiger partial charge is 0.472 e. The van der Waals surface area contributed by atoms with E-state index in [1.165, 1.54) is 19.3 Å². The number of phosphoric ester groups is 1. The van der Waals surface area contributed by atoms with E-state index >= 15 is 0 Å². The molecule has 0 rings (SSSR count). The van der Waals surface area contributed by atoms with Gasteiger partial charge in [0.2, 0.25) is 0 Å². The lowest BCUT2D eigenvalue weighted by molar-refractivity contribution is -0.161. The van der Waals surface area contributed by atoms with Gasteiger partial charge in [-0.1, -0.05) is 119 Å². The van der Waals surface area contributed by atoms with Crippen LogP contribution in [-0.4, -0.2) is 65.7 Å². The molecule has 0 spiro atoms. The zero-order valence-corrected chi connectivity index (χ0v) is 33.6. The van der Waals surface area contributed by atoms with Crippen molar-refractivity contribution in [2.75, 3.05) is 26.4 Å². The quantitative estimate of drug-likeness (QED) is 0.0243. The lowest BCUT2D eigenvalue weighted by atomic mass is 10.1. The van der Waals surface area contributed by atoms with Crippen LogP contribution in [0.2, 0.25) is 0 Å². The van der Waals surface area contributed by atoms with Crippen LogP contribution in [0, 0.1) is 0 Å². The molecular formula is C42H71O10P. The van der Waals surface area contributed by atoms with Crippen LogP contribution in [-0.2, 0) is 32.7 Å². The highest BCUT2D eigenvalue weighted by Gasteiger charge is 2.27. The van der Waals surface area contributed by atoms with E-state index in [9.17, 15) is 24.2 Å². The Morgan fingerprint density at radius 1 is 0.585 bits per heavy atom. The molecule has 11 heteroatoms. The third-order valence-corrected chi connectivity index (χ3v) is 8.80. The summed E-state index contributed by atoms with van der Waals surface area (Å²) < 4.78 is 32.6. The predicted molar refractivity (Wildman–Crippen MR) is 214 cm³/mol. The van der Waals surface area contributed by atoms with Crippen molar-refractivity contribution in [1.29, 1.82) is 0 Å². The lowest BCUT2D eigenvalue weighted by Gasteiger charge is -2.20. The number of phosphoric acid groups is 1. The first-order valence-corrected chi connectivity index (χ1v) is 21.4. The van der Waals surface area contributed by atoms with Gasteiger partial charge in [-0.25, -0.2) is 4.57 Å². The summed E-state index contributed by atoms with van der Waals surface area (Å²) in [5.41, 5.74) is 0. The Morgan fingerprint density at radius 3 is 1.60 bits per heavy atom. The van der Waals surface area contributed by atoms with Crippen molar-refractivity contribution in [2.45, 2.75) is 154 Å². The van der Waals surface area contributed by atoms with Crippen LogP contribution < -0.4 is 0 Å². The van der Waals surface area contributed by atoms with E-state index in [2.05, 4.69) is 91.3 Å². The Kier molecular flexibility index (Phi) is 35.9. The minimum Gasteiger partial charge on any atom is -0.462 e. The van der Waals surface area contributed by atoms with Crippen LogP contribution in [0.4, 0.5) is 0 Å². The van der Waals surface area contributed by atoms with Gasteiger partial charge in [-0.05, 0) is 83.5 Å². The van der Waals surface area contributed by atoms with Gasteiger partial charge in [0.1, 0.15) is 12.7 Å². The number of hydrogen-bond donors (Lipinski definition) is 3. The van der Waals surface area contributed by atoms with Gasteiger partial charge in [-0.15, -0.1) is 0 Å². The molecule has 304 valence electrons. The van der Waals surface area contributed by atoms with Gasteiger partial charge in [-0.3, -0.25) is 18.6 Å². The molecule has 0 aliphatic rings. The van der Waals surface area contributed by atoms with Gasteiger partial charge in [0.25, 0.3) is 0 Å². The fourth-order valence-corrected chi connectivity index (χ4v) is 5.57. The molecule has 10 nitrogen and oxygen atoms in total. The lowest BCUT2D eigenvalue weighted by Crippen LogP contribution is -2.29. The summed E-state index contributed by atoms with van der Waals surface area (Å²) >= 11 is 0. The Balaban J connectivity index is 4.46. The third-order valence-electron chi connectivity index (χ3n) is 7.84. The molecule has 0 aromatic rings. The summed E-state index contributed by atoms with van der Waals surface area (Å²) in [4.78, 5) is 34.9. The first kappa shape index (κ1) is 50.4. The van der Waals surface area contributed by atoms with E-state index in [1.54, 1.807) is 0 Å². The normalized spacial score (nSPS) is 14.7. The van der Waals surface area contributed by atoms with E-state index in [4.69, 9.17) is 19.1 Å². The molecule has 0 aliphatic carbocycles. The highest BCUT2D eigenvalue weighted by Crippen LogP contribution is 2.43. The molecule has 0 saturated carbocycles. The van der Waals surface area contributed by atoms with E-state index in [-0.39, 0.29) is 19.4 Å². The maximum atomic E-state index is 12.6. The summed E-state index contributed by atoms with van der Waals surface area (Å²) in [5, 5.41) is 18.3. The first-order chi connectivity index (χ1) is 25.7. The summed E-state index contributed by atoms with van der Waals surface area (Å²) in [6.07, 6.45) is 41.6. The molecule has 0 fully saturated rings. The fraction of sp³-hybridized carbons (Fsp3) is 0.667. The van der Waals surface area contributed by atoms with Crippen molar-refractivity contribution in [1.82, 2.24) is 0 Å². The van der Waals surface area contributed by atoms with E-state index in [0.29, 0.717) is 12.8 Å². The molecule has 3 atom stereocenters. The van der Waals surface area contributed by atoms with Crippen molar-refractivity contribution < 1.29 is 47.8 Å². The maximum Gasteiger partial charge on any atom is 0.472 e. The molecule has 0 saturated heterocycles. The number of unbranched alkanes of at least 4 members (excludes halogenated alkanes) is 10. The number of carbonyl (C=O) groups is 2. The van der Waals surface area contributed by atoms with Gasteiger partial charge in [0, 0.05) is 12.8 Å². The molecule has 0 aliphatic heterocycles. The van der Waals surface area contributed by atoms with E-state index in [1.807, 2.05) is 0 Å². The Hall–Kier alpha value is -2.59. The highest BCUT2D eigenvalue weighted by atomic mass is 31.2. The Bertz CT molecular complexity index is 1110. The zero-order chi connectivity index (χ0) is 39.1. The van der Waals surface area contributed by atoms with Crippen LogP contribution >= 0.6 is 7.82 Å². The highest BCUT2D eigenvalue weighted by molar-refractivity contribution is 7.47. The number of aliphatic hydroxyl groups excluding tert-OH is 2. The van der Waals surface area contributed by atoms with Crippen LogP contribution in [0.3, 0.4) is 0 Å². The molecule has 53 heavy (non-hydrogen) atoms. The number of rotatable bonds is 36. The van der Waals surface area contributed by atoms with Crippen molar-refractivity contribution in [3.05, 3.63) is 72.9 Å². The van der Waals surface area contributed by atoms with Crippen molar-refractivity contribution in [3.63, 3.8) is 0 Å². The number of esters is 2. The van der Waals surface area contributed by atoms with Crippen molar-refractivity contribution >= 4 is 19.8 Å². The zero-order valence-electron chi connectivity index (χ0n) is 32.7. The summed E-state index contributed by atoms with van der Waals surface area (Å²) in [7, 11) is -4.63. The molecular weight excluding hydrogens is 695 g/mol. The average molecular weight is 767 g/mol. The molecule has 0 aromatic carbocycles. The Labute approximate surface area is 320 Å². The molecule has 3 unspecified atom stereocenters. The van der Waals surface area contributed by atoms with Gasteiger partial charge in [0.05, 0.1) is 19.8 Å². The number of hydrogen-bond acceptors (Lipinski definition) is 9. The third kappa shape index (κ3) is 37.5. The molecule has 3 N–H and O–H groups in total. The van der Waals surface area contributed by atoms with Gasteiger partial charge in [-0.2, -0.15) is 0 Å². The maximum absolute atomic E-state index is 12.6. The summed E-state index contributed by atoms with van der Waals surface area (Å²) in [5.74, 6) is -0.998. The average Bonchev–Trinajstić information content (AvgIpc) is 3.14. The number of aliphatic hydroxyl groups is 2. The number of carbonyl (C=O) groups excluding carboxylic acids is 2. The standard InChI is InChI=1S/C42H71O10P/c1-3-5-7-9-11-13-15-17-19-21-23-25-27-29-31-33-41(45)49-37-40(38-51-53(47,48)50-36-39(44)35-43)52-42(46)34-32-30-28-26-24-22-20-18-16-14-12-10-8-6-4-2/h6,8,11-14,17-20,24,26,39-40,43-44H,3-5,7,9-10,15-16,21-23,25,27-38H2,1-2H3,(H,47,48)/b8-6-,13-11-,14-12-,19-17-,20-18-,26-24-. The van der Waals surface area contributed by atoms with Crippen LogP contribution in [0.15, 0.2) is 72.9 Å². The molecule has 0 bridgehead atoms. The van der Waals surface area contributed by atoms with E-state index in [0.717, 1.165) is 83.5 Å². The smallest absolute Gasteiger partial charge is 0.462 e. The topological polar surface area (TPSA) is 149 Å². The Morgan fingerprint density at radius 2 is 1.04 bits per heavy atom. The summed E-state index contributed by atoms with van der Waals surface area (Å²) in [6, 6.07) is 0. The van der Waals surface area contributed by atoms with Crippen molar-refractivity contribution in [3.8, 4) is 0 Å². The minimum atomic E-state index is -4.63. The number of allylic oxidation sites excluding steroid dienone is 12. The second-order valence-corrected chi connectivity index (χ2v) is 14.4. The monoisotopic (exact) mass is 766 g/mol. The van der Waals surface area contributed by atoms with Crippen molar-refractivity contribution in [2.24, 2.45) is 0 Å². The molecule has 0 amide bonds. The van der Waals surface area contributed by atoms with Crippen LogP contribution in [0.1, 0.15) is 142 Å². The molecule has 0 aromatic heterocycles. The first-order valence-electron chi connectivity index (χ1n) is 19.9. The SMILES string of the molecule is CC/C=C\C/C=C\C/C=C\C/C=C\CCCCC(=O)OC(COC(=O)CCCCCCC/C=C\C/C=C\CCCCC)COP(=O)(O)OCC(O)CO. The van der Waals surface area contributed by atoms with E-state index < -0.39 is 51.8 Å². The van der Waals surface area contributed by atoms with Gasteiger partial charge >= 0.3 is 19.8 Å².